The Bertz CT molecular complexity index is 1610. The Morgan fingerprint density at radius 1 is 1.03 bits per heavy atom. The molecule has 3 aromatic carbocycles. The van der Waals surface area contributed by atoms with E-state index < -0.39 is 11.9 Å². The second-order valence-electron chi connectivity index (χ2n) is 9.45. The molecule has 1 aliphatic rings. The third kappa shape index (κ3) is 5.29. The van der Waals surface area contributed by atoms with Gasteiger partial charge in [0, 0.05) is 18.4 Å². The summed E-state index contributed by atoms with van der Waals surface area (Å²) < 4.78 is 5.81. The Morgan fingerprint density at radius 2 is 1.77 bits per heavy atom. The first-order valence-corrected chi connectivity index (χ1v) is 13.1. The molecular weight excluding hydrogens is 514 g/mol. The van der Waals surface area contributed by atoms with Crippen molar-refractivity contribution in [1.29, 1.82) is 0 Å². The number of nitrogens with zero attached hydrogens (tertiary/aromatic N) is 4. The van der Waals surface area contributed by atoms with E-state index in [0.29, 0.717) is 29.2 Å². The van der Waals surface area contributed by atoms with Crippen LogP contribution in [0.3, 0.4) is 0 Å². The highest BCUT2D eigenvalue weighted by Gasteiger charge is 2.36. The number of hydrogen-bond donors (Lipinski definition) is 1. The van der Waals surface area contributed by atoms with Crippen LogP contribution in [0.2, 0.25) is 0 Å². The molecule has 5 rings (SSSR count). The van der Waals surface area contributed by atoms with Crippen molar-refractivity contribution in [3.8, 4) is 0 Å². The van der Waals surface area contributed by atoms with E-state index >= 15 is 0 Å². The lowest BCUT2D eigenvalue weighted by atomic mass is 9.90. The molecule has 198 valence electrons. The second kappa shape index (κ2) is 10.8. The molecule has 0 spiro atoms. The van der Waals surface area contributed by atoms with Crippen LogP contribution < -0.4 is 10.2 Å². The van der Waals surface area contributed by atoms with Gasteiger partial charge in [0.25, 0.3) is 0 Å². The maximum Gasteiger partial charge on any atom is 0.337 e. The van der Waals surface area contributed by atoms with Gasteiger partial charge in [0.05, 0.1) is 46.3 Å². The lowest BCUT2D eigenvalue weighted by Gasteiger charge is -2.20. The van der Waals surface area contributed by atoms with E-state index in [0.717, 1.165) is 27.0 Å². The summed E-state index contributed by atoms with van der Waals surface area (Å²) in [6.07, 6.45) is 0. The van der Waals surface area contributed by atoms with Gasteiger partial charge in [-0.25, -0.2) is 9.78 Å². The van der Waals surface area contributed by atoms with Gasteiger partial charge < -0.3 is 19.9 Å². The SMILES string of the molecule is COC(=O)c1ccc2c(c1)NC(=O)C2C(=Nc1ccc(N(C)C(=O)CN(C)C)cc1)c1ccc2ncsc2c1. The molecule has 1 aliphatic heterocycles. The highest BCUT2D eigenvalue weighted by atomic mass is 32.1. The van der Waals surface area contributed by atoms with Crippen LogP contribution in [0, 0.1) is 0 Å². The molecule has 0 fully saturated rings. The van der Waals surface area contributed by atoms with Crippen molar-refractivity contribution >= 4 is 62.1 Å². The summed E-state index contributed by atoms with van der Waals surface area (Å²) in [7, 11) is 6.76. The molecule has 39 heavy (non-hydrogen) atoms. The second-order valence-corrected chi connectivity index (χ2v) is 10.3. The zero-order chi connectivity index (χ0) is 27.7. The van der Waals surface area contributed by atoms with Crippen molar-refractivity contribution in [2.45, 2.75) is 5.92 Å². The van der Waals surface area contributed by atoms with Crippen molar-refractivity contribution < 1.29 is 19.1 Å². The fraction of sp³-hybridized carbons (Fsp3) is 0.207. The maximum absolute atomic E-state index is 13.3. The van der Waals surface area contributed by atoms with E-state index in [1.54, 1.807) is 35.7 Å². The zero-order valence-corrected chi connectivity index (χ0v) is 22.8. The van der Waals surface area contributed by atoms with Gasteiger partial charge >= 0.3 is 5.97 Å². The van der Waals surface area contributed by atoms with Gasteiger partial charge in [0.2, 0.25) is 11.8 Å². The number of nitrogens with one attached hydrogen (secondary N) is 1. The first kappa shape index (κ1) is 26.2. The van der Waals surface area contributed by atoms with E-state index in [1.165, 1.54) is 18.4 Å². The minimum Gasteiger partial charge on any atom is -0.465 e. The van der Waals surface area contributed by atoms with Crippen molar-refractivity contribution in [3.05, 3.63) is 82.9 Å². The minimum atomic E-state index is -0.693. The van der Waals surface area contributed by atoms with Crippen LogP contribution in [0.5, 0.6) is 0 Å². The van der Waals surface area contributed by atoms with Crippen LogP contribution in [0.1, 0.15) is 27.4 Å². The van der Waals surface area contributed by atoms with Crippen molar-refractivity contribution in [3.63, 3.8) is 0 Å². The summed E-state index contributed by atoms with van der Waals surface area (Å²) in [4.78, 5) is 50.6. The average Bonchev–Trinajstić information content (AvgIpc) is 3.53. The fourth-order valence-electron chi connectivity index (χ4n) is 4.50. The van der Waals surface area contributed by atoms with Gasteiger partial charge in [-0.05, 0) is 73.8 Å². The van der Waals surface area contributed by atoms with Gasteiger partial charge in [0.1, 0.15) is 5.92 Å². The topological polar surface area (TPSA) is 104 Å². The molecule has 0 aliphatic carbocycles. The molecule has 0 saturated carbocycles. The number of ether oxygens (including phenoxy) is 1. The number of thiazole rings is 1. The number of rotatable bonds is 7. The summed E-state index contributed by atoms with van der Waals surface area (Å²) in [6, 6.07) is 18.2. The maximum atomic E-state index is 13.3. The number of likely N-dealkylation sites (N-methyl/N-ethyl adjacent to an activating group) is 2. The van der Waals surface area contributed by atoms with Crippen LogP contribution in [0.25, 0.3) is 10.2 Å². The van der Waals surface area contributed by atoms with Crippen LogP contribution in [0.15, 0.2) is 71.2 Å². The molecule has 0 saturated heterocycles. The van der Waals surface area contributed by atoms with E-state index in [4.69, 9.17) is 9.73 Å². The number of esters is 1. The number of anilines is 2. The smallest absolute Gasteiger partial charge is 0.337 e. The number of benzene rings is 3. The Balaban J connectivity index is 1.56. The molecule has 0 radical (unpaired) electrons. The molecule has 2 heterocycles. The standard InChI is InChI=1S/C29H27N5O4S/c1-33(2)15-25(35)34(3)20-9-7-19(8-10-20)31-27(17-6-12-22-24(14-17)39-16-30-22)26-21-11-5-18(29(37)38-4)13-23(21)32-28(26)36/h5-14,16,26H,15H2,1-4H3,(H,32,36). The van der Waals surface area contributed by atoms with Crippen molar-refractivity contribution in [2.75, 3.05) is 45.0 Å². The third-order valence-electron chi connectivity index (χ3n) is 6.52. The largest absolute Gasteiger partial charge is 0.465 e. The highest BCUT2D eigenvalue weighted by molar-refractivity contribution is 7.16. The predicted molar refractivity (Wildman–Crippen MR) is 153 cm³/mol. The number of carbonyl (C=O) groups excluding carboxylic acids is 3. The molecule has 9 nitrogen and oxygen atoms in total. The normalized spacial score (nSPS) is 14.8. The minimum absolute atomic E-state index is 0.0274. The Labute approximate surface area is 229 Å². The number of carbonyl (C=O) groups is 3. The van der Waals surface area contributed by atoms with E-state index in [-0.39, 0.29) is 11.8 Å². The van der Waals surface area contributed by atoms with Crippen LogP contribution in [-0.2, 0) is 14.3 Å². The lowest BCUT2D eigenvalue weighted by molar-refractivity contribution is -0.119. The molecule has 4 aromatic rings. The number of hydrogen-bond acceptors (Lipinski definition) is 8. The summed E-state index contributed by atoms with van der Waals surface area (Å²) in [5, 5.41) is 2.90. The van der Waals surface area contributed by atoms with Gasteiger partial charge in [-0.3, -0.25) is 14.6 Å². The predicted octanol–water partition coefficient (Wildman–Crippen LogP) is 4.46. The van der Waals surface area contributed by atoms with Gasteiger partial charge in [-0.15, -0.1) is 11.3 Å². The van der Waals surface area contributed by atoms with E-state index in [2.05, 4.69) is 10.3 Å². The Morgan fingerprint density at radius 3 is 2.49 bits per heavy atom. The zero-order valence-electron chi connectivity index (χ0n) is 22.0. The molecule has 2 amide bonds. The third-order valence-corrected chi connectivity index (χ3v) is 7.31. The molecule has 1 unspecified atom stereocenters. The van der Waals surface area contributed by atoms with E-state index in [9.17, 15) is 14.4 Å². The average molecular weight is 542 g/mol. The molecule has 1 N–H and O–H groups in total. The molecular formula is C29H27N5O4S. The van der Waals surface area contributed by atoms with Crippen LogP contribution in [0.4, 0.5) is 17.1 Å². The Hall–Kier alpha value is -4.41. The number of methoxy groups -OCH3 is 1. The van der Waals surface area contributed by atoms with Gasteiger partial charge in [-0.2, -0.15) is 0 Å². The first-order valence-electron chi connectivity index (χ1n) is 12.2. The quantitative estimate of drug-likeness (QED) is 0.274. The van der Waals surface area contributed by atoms with Gasteiger partial charge in [-0.1, -0.05) is 12.1 Å². The summed E-state index contributed by atoms with van der Waals surface area (Å²) in [6.45, 7) is 0.300. The molecule has 1 atom stereocenters. The van der Waals surface area contributed by atoms with Crippen molar-refractivity contribution in [1.82, 2.24) is 9.88 Å². The van der Waals surface area contributed by atoms with E-state index in [1.807, 2.05) is 61.5 Å². The molecule has 1 aromatic heterocycles. The molecule has 0 bridgehead atoms. The Kier molecular flexibility index (Phi) is 7.23. The van der Waals surface area contributed by atoms with Crippen molar-refractivity contribution in [2.24, 2.45) is 4.99 Å². The summed E-state index contributed by atoms with van der Waals surface area (Å²) in [5.41, 5.74) is 7.02. The number of amides is 2. The number of aliphatic imine (C=N–C) groups is 1. The van der Waals surface area contributed by atoms with Crippen LogP contribution >= 0.6 is 11.3 Å². The highest BCUT2D eigenvalue weighted by Crippen LogP contribution is 2.38. The summed E-state index contributed by atoms with van der Waals surface area (Å²) >= 11 is 1.51. The fourth-order valence-corrected chi connectivity index (χ4v) is 5.22. The monoisotopic (exact) mass is 541 g/mol. The number of aromatic nitrogens is 1. The van der Waals surface area contributed by atoms with Gasteiger partial charge in [0.15, 0.2) is 0 Å². The first-order chi connectivity index (χ1) is 18.7. The lowest BCUT2D eigenvalue weighted by Crippen LogP contribution is -2.34. The molecule has 10 heteroatoms. The summed E-state index contributed by atoms with van der Waals surface area (Å²) in [5.74, 6) is -1.43. The number of fused-ring (bicyclic) bond motifs is 2. The van der Waals surface area contributed by atoms with Crippen LogP contribution in [-0.4, -0.2) is 68.2 Å².